The maximum absolute atomic E-state index is 14.3. The molecule has 2 aromatic rings. The summed E-state index contributed by atoms with van der Waals surface area (Å²) in [5.74, 6) is -1.88. The van der Waals surface area contributed by atoms with Crippen LogP contribution in [0.25, 0.3) is 0 Å². The van der Waals surface area contributed by atoms with Crippen molar-refractivity contribution < 1.29 is 33.8 Å². The summed E-state index contributed by atoms with van der Waals surface area (Å²) in [4.78, 5) is 55.5. The molecule has 0 heterocycles. The minimum Gasteiger partial charge on any atom is -0.458 e. The molecular weight excluding hydrogens is 562 g/mol. The van der Waals surface area contributed by atoms with E-state index in [0.717, 1.165) is 16.7 Å². The van der Waals surface area contributed by atoms with Crippen molar-refractivity contribution in [2.75, 3.05) is 13.2 Å². The van der Waals surface area contributed by atoms with Crippen LogP contribution in [0.15, 0.2) is 48.5 Å². The lowest BCUT2D eigenvalue weighted by Gasteiger charge is -2.35. The predicted octanol–water partition coefficient (Wildman–Crippen LogP) is 4.54. The van der Waals surface area contributed by atoms with Crippen molar-refractivity contribution in [2.24, 2.45) is 0 Å². The van der Waals surface area contributed by atoms with Gasteiger partial charge < -0.3 is 30.1 Å². The highest BCUT2D eigenvalue weighted by Crippen LogP contribution is 2.27. The molecule has 0 fully saturated rings. The molecule has 0 aliphatic carbocycles. The highest BCUT2D eigenvalue weighted by Gasteiger charge is 2.38. The van der Waals surface area contributed by atoms with Crippen LogP contribution in [0.3, 0.4) is 0 Å². The fourth-order valence-corrected chi connectivity index (χ4v) is 4.69. The first-order valence-electron chi connectivity index (χ1n) is 15.0. The van der Waals surface area contributed by atoms with Gasteiger partial charge in [0.25, 0.3) is 0 Å². The first-order valence-corrected chi connectivity index (χ1v) is 15.0. The second-order valence-electron chi connectivity index (χ2n) is 13.0. The molecule has 0 aliphatic rings. The lowest BCUT2D eigenvalue weighted by Crippen LogP contribution is -2.56. The Balaban J connectivity index is 2.57. The number of aryl methyl sites for hydroxylation is 2. The zero-order valence-corrected chi connectivity index (χ0v) is 27.5. The topological polar surface area (TPSA) is 134 Å². The van der Waals surface area contributed by atoms with Crippen LogP contribution in [0, 0.1) is 13.8 Å². The molecular formula is C34H49N3O7. The molecule has 0 saturated carbocycles. The maximum atomic E-state index is 14.3. The highest BCUT2D eigenvalue weighted by molar-refractivity contribution is 5.94. The number of hydrogen-bond acceptors (Lipinski definition) is 7. The Labute approximate surface area is 261 Å². The van der Waals surface area contributed by atoms with Crippen LogP contribution in [0.4, 0.5) is 4.79 Å². The molecule has 3 amide bonds. The molecule has 0 aromatic heterocycles. The molecule has 2 aromatic carbocycles. The number of esters is 1. The van der Waals surface area contributed by atoms with Crippen LogP contribution in [-0.2, 0) is 30.3 Å². The second-order valence-corrected chi connectivity index (χ2v) is 13.0. The summed E-state index contributed by atoms with van der Waals surface area (Å²) < 4.78 is 11.0. The number of carbonyl (C=O) groups excluding carboxylic acids is 4. The fraction of sp³-hybridized carbons (Fsp3) is 0.529. The van der Waals surface area contributed by atoms with E-state index in [2.05, 4.69) is 10.6 Å². The predicted molar refractivity (Wildman–Crippen MR) is 169 cm³/mol. The number of aliphatic hydroxyl groups is 1. The van der Waals surface area contributed by atoms with Crippen molar-refractivity contribution in [3.63, 3.8) is 0 Å². The van der Waals surface area contributed by atoms with Crippen molar-refractivity contribution in [3.05, 3.63) is 70.8 Å². The number of amides is 3. The normalized spacial score (nSPS) is 13.7. The van der Waals surface area contributed by atoms with Crippen LogP contribution in [0.2, 0.25) is 0 Å². The third kappa shape index (κ3) is 11.3. The van der Waals surface area contributed by atoms with E-state index in [1.807, 2.05) is 63.2 Å². The minimum atomic E-state index is -1.37. The van der Waals surface area contributed by atoms with Gasteiger partial charge in [-0.05, 0) is 78.5 Å². The fourth-order valence-electron chi connectivity index (χ4n) is 4.69. The molecule has 2 rings (SSSR count). The van der Waals surface area contributed by atoms with Crippen LogP contribution in [0.5, 0.6) is 0 Å². The molecule has 10 heteroatoms. The van der Waals surface area contributed by atoms with E-state index in [1.165, 1.54) is 4.90 Å². The molecule has 0 spiro atoms. The summed E-state index contributed by atoms with van der Waals surface area (Å²) in [6, 6.07) is 11.2. The van der Waals surface area contributed by atoms with Gasteiger partial charge in [0.15, 0.2) is 0 Å². The Kier molecular flexibility index (Phi) is 12.9. The molecule has 0 aliphatic heterocycles. The Bertz CT molecular complexity index is 1280. The van der Waals surface area contributed by atoms with Crippen molar-refractivity contribution >= 4 is 23.9 Å². The number of rotatable bonds is 12. The Hall–Kier alpha value is -3.92. The molecule has 0 bridgehead atoms. The van der Waals surface area contributed by atoms with Crippen molar-refractivity contribution in [1.29, 1.82) is 0 Å². The van der Waals surface area contributed by atoms with Gasteiger partial charge in [0.2, 0.25) is 11.8 Å². The molecule has 0 saturated heterocycles. The van der Waals surface area contributed by atoms with E-state index < -0.39 is 59.8 Å². The molecule has 3 N–H and O–H groups in total. The van der Waals surface area contributed by atoms with Gasteiger partial charge in [0.1, 0.15) is 29.3 Å². The zero-order chi connectivity index (χ0) is 33.2. The summed E-state index contributed by atoms with van der Waals surface area (Å²) in [5.41, 5.74) is 1.47. The van der Waals surface area contributed by atoms with Gasteiger partial charge in [0.05, 0.1) is 6.61 Å². The largest absolute Gasteiger partial charge is 0.458 e. The lowest BCUT2D eigenvalue weighted by atomic mass is 9.95. The van der Waals surface area contributed by atoms with Gasteiger partial charge in [-0.3, -0.25) is 9.59 Å². The first-order chi connectivity index (χ1) is 20.5. The second kappa shape index (κ2) is 15.7. The van der Waals surface area contributed by atoms with Crippen molar-refractivity contribution in [3.8, 4) is 0 Å². The van der Waals surface area contributed by atoms with E-state index in [0.29, 0.717) is 12.0 Å². The van der Waals surface area contributed by atoms with Crippen LogP contribution in [-0.4, -0.2) is 70.3 Å². The van der Waals surface area contributed by atoms with E-state index in [4.69, 9.17) is 9.47 Å². The number of nitrogens with zero attached hydrogens (tertiary/aromatic N) is 1. The average Bonchev–Trinajstić information content (AvgIpc) is 2.90. The van der Waals surface area contributed by atoms with Gasteiger partial charge in [0, 0.05) is 13.0 Å². The third-order valence-electron chi connectivity index (χ3n) is 6.49. The van der Waals surface area contributed by atoms with E-state index in [-0.39, 0.29) is 13.0 Å². The van der Waals surface area contributed by atoms with E-state index >= 15 is 0 Å². The molecule has 3 atom stereocenters. The van der Waals surface area contributed by atoms with Crippen LogP contribution >= 0.6 is 0 Å². The number of alkyl carbamates (subject to hydrolysis) is 1. The van der Waals surface area contributed by atoms with Gasteiger partial charge in [-0.1, -0.05) is 61.0 Å². The molecule has 0 radical (unpaired) electrons. The van der Waals surface area contributed by atoms with Gasteiger partial charge in [-0.2, -0.15) is 0 Å². The third-order valence-corrected chi connectivity index (χ3v) is 6.49. The summed E-state index contributed by atoms with van der Waals surface area (Å²) in [5, 5.41) is 15.5. The molecule has 242 valence electrons. The monoisotopic (exact) mass is 611 g/mol. The van der Waals surface area contributed by atoms with E-state index in [1.54, 1.807) is 47.6 Å². The van der Waals surface area contributed by atoms with Gasteiger partial charge in [-0.25, -0.2) is 9.59 Å². The number of hydrogen-bond donors (Lipinski definition) is 3. The standard InChI is InChI=1S/C34H49N3O7/c1-10-18-37(30(40)27(21-38)36-32(42)44-34(7,8)9)28(25-17-16-22(2)19-23(25)3)29(39)35-26(31(41)43-33(4,5)6)20-24-14-12-11-13-15-24/h11-17,19,26-28,38H,10,18,20-21H2,1-9H3,(H,35,39)(H,36,42). The first kappa shape index (κ1) is 36.3. The van der Waals surface area contributed by atoms with Crippen LogP contribution < -0.4 is 10.6 Å². The molecule has 44 heavy (non-hydrogen) atoms. The summed E-state index contributed by atoms with van der Waals surface area (Å²) >= 11 is 0. The number of nitrogens with one attached hydrogen (secondary N) is 2. The number of benzene rings is 2. The highest BCUT2D eigenvalue weighted by atomic mass is 16.6. The quantitative estimate of drug-likeness (QED) is 0.300. The summed E-state index contributed by atoms with van der Waals surface area (Å²) in [6.45, 7) is 15.3. The van der Waals surface area contributed by atoms with Crippen LogP contribution in [0.1, 0.15) is 83.2 Å². The number of carbonyl (C=O) groups is 4. The Morgan fingerprint density at radius 2 is 1.48 bits per heavy atom. The Morgan fingerprint density at radius 1 is 0.864 bits per heavy atom. The molecule has 3 unspecified atom stereocenters. The maximum Gasteiger partial charge on any atom is 0.408 e. The average molecular weight is 612 g/mol. The van der Waals surface area contributed by atoms with Gasteiger partial charge >= 0.3 is 12.1 Å². The number of ether oxygens (including phenoxy) is 2. The lowest BCUT2D eigenvalue weighted by molar-refractivity contribution is -0.159. The minimum absolute atomic E-state index is 0.131. The van der Waals surface area contributed by atoms with Crippen molar-refractivity contribution in [2.45, 2.75) is 104 Å². The zero-order valence-electron chi connectivity index (χ0n) is 27.5. The van der Waals surface area contributed by atoms with E-state index in [9.17, 15) is 24.3 Å². The smallest absolute Gasteiger partial charge is 0.408 e. The Morgan fingerprint density at radius 3 is 2.00 bits per heavy atom. The van der Waals surface area contributed by atoms with Gasteiger partial charge in [-0.15, -0.1) is 0 Å². The SMILES string of the molecule is CCCN(C(=O)C(CO)NC(=O)OC(C)(C)C)C(C(=O)NC(Cc1ccccc1)C(=O)OC(C)(C)C)c1ccc(C)cc1C. The summed E-state index contributed by atoms with van der Waals surface area (Å²) in [6.07, 6.45) is -0.228. The summed E-state index contributed by atoms with van der Waals surface area (Å²) in [7, 11) is 0. The van der Waals surface area contributed by atoms with Crippen molar-refractivity contribution in [1.82, 2.24) is 15.5 Å². The molecule has 10 nitrogen and oxygen atoms in total. The number of aliphatic hydroxyl groups excluding tert-OH is 1.